The van der Waals surface area contributed by atoms with E-state index >= 15 is 4.39 Å². The maximum atomic E-state index is 15.2. The molecule has 0 radical (unpaired) electrons. The van der Waals surface area contributed by atoms with Gasteiger partial charge in [0.2, 0.25) is 5.95 Å². The molecule has 2 N–H and O–H groups in total. The maximum Gasteiger partial charge on any atom is 0.413 e. The number of anilines is 2. The highest BCUT2D eigenvalue weighted by atomic mass is 35.5. The number of nitrogens with zero attached hydrogens (tertiary/aromatic N) is 6. The van der Waals surface area contributed by atoms with Gasteiger partial charge in [-0.15, -0.1) is 5.10 Å². The minimum Gasteiger partial charge on any atom is -0.383 e. The molecule has 1 fully saturated rings. The second-order valence-corrected chi connectivity index (χ2v) is 11.9. The number of aryl methyl sites for hydroxylation is 1. The van der Waals surface area contributed by atoms with E-state index in [-0.39, 0.29) is 34.5 Å². The van der Waals surface area contributed by atoms with Gasteiger partial charge in [-0.05, 0) is 43.4 Å². The molecule has 0 amide bonds. The summed E-state index contributed by atoms with van der Waals surface area (Å²) in [5, 5.41) is 24.8. The predicted octanol–water partition coefficient (Wildman–Crippen LogP) is 6.90. The number of nitrogens with one attached hydrogen (secondary N) is 2. The van der Waals surface area contributed by atoms with Crippen molar-refractivity contribution in [3.63, 3.8) is 0 Å². The standard InChI is InChI=1S/C28H27ClF4N8/c1-15-5-6-18(25(30)37-15)24(21-13-41(40-39-21)27(7-8-27)28(31,32)33)38-17-9-19-22(36-14-26(2,3)4)16(11-34)12-35-23(19)20(29)10-17/h5-6,9-10,12-13,24,38H,7-8,14H2,1-4H3,(H,35,36)/t24-/m0/s1. The van der Waals surface area contributed by atoms with Crippen LogP contribution in [0.25, 0.3) is 10.9 Å². The molecule has 41 heavy (non-hydrogen) atoms. The number of pyridine rings is 2. The fourth-order valence-electron chi connectivity index (χ4n) is 4.58. The summed E-state index contributed by atoms with van der Waals surface area (Å²) < 4.78 is 57.3. The monoisotopic (exact) mass is 586 g/mol. The summed E-state index contributed by atoms with van der Waals surface area (Å²) in [6.45, 7) is 8.30. The first-order valence-electron chi connectivity index (χ1n) is 12.9. The smallest absolute Gasteiger partial charge is 0.383 e. The fraction of sp³-hybridized carbons (Fsp3) is 0.393. The van der Waals surface area contributed by atoms with Crippen molar-refractivity contribution in [3.8, 4) is 6.07 Å². The third-order valence-electron chi connectivity index (χ3n) is 6.98. The van der Waals surface area contributed by atoms with Crippen molar-refractivity contribution in [2.75, 3.05) is 17.2 Å². The Kier molecular flexibility index (Phi) is 7.06. The largest absolute Gasteiger partial charge is 0.413 e. The minimum atomic E-state index is -4.51. The van der Waals surface area contributed by atoms with Crippen molar-refractivity contribution in [1.29, 1.82) is 5.26 Å². The lowest BCUT2D eigenvalue weighted by atomic mass is 9.96. The second-order valence-electron chi connectivity index (χ2n) is 11.5. The van der Waals surface area contributed by atoms with Crippen LogP contribution >= 0.6 is 11.6 Å². The van der Waals surface area contributed by atoms with E-state index in [4.69, 9.17) is 11.6 Å². The van der Waals surface area contributed by atoms with Crippen molar-refractivity contribution < 1.29 is 17.6 Å². The Balaban J connectivity index is 1.61. The molecule has 0 saturated heterocycles. The molecule has 13 heteroatoms. The Labute approximate surface area is 238 Å². The summed E-state index contributed by atoms with van der Waals surface area (Å²) in [7, 11) is 0. The van der Waals surface area contributed by atoms with Crippen molar-refractivity contribution in [2.24, 2.45) is 5.41 Å². The topological polar surface area (TPSA) is 104 Å². The van der Waals surface area contributed by atoms with Crippen LogP contribution in [0, 0.1) is 29.6 Å². The van der Waals surface area contributed by atoms with E-state index in [2.05, 4.69) is 37.0 Å². The summed E-state index contributed by atoms with van der Waals surface area (Å²) in [6, 6.07) is 7.46. The normalized spacial score (nSPS) is 15.4. The van der Waals surface area contributed by atoms with E-state index in [1.165, 1.54) is 18.5 Å². The van der Waals surface area contributed by atoms with E-state index in [0.717, 1.165) is 4.68 Å². The molecule has 5 rings (SSSR count). The van der Waals surface area contributed by atoms with Crippen LogP contribution < -0.4 is 10.6 Å². The lowest BCUT2D eigenvalue weighted by molar-refractivity contribution is -0.182. The summed E-state index contributed by atoms with van der Waals surface area (Å²) in [5.74, 6) is -0.804. The van der Waals surface area contributed by atoms with Gasteiger partial charge in [-0.2, -0.15) is 22.8 Å². The Morgan fingerprint density at radius 2 is 1.93 bits per heavy atom. The van der Waals surface area contributed by atoms with E-state index in [1.54, 1.807) is 25.1 Å². The van der Waals surface area contributed by atoms with E-state index in [0.29, 0.717) is 40.1 Å². The number of hydrogen-bond donors (Lipinski definition) is 2. The van der Waals surface area contributed by atoms with Gasteiger partial charge >= 0.3 is 6.18 Å². The van der Waals surface area contributed by atoms with Crippen molar-refractivity contribution in [3.05, 3.63) is 70.1 Å². The molecule has 1 aromatic carbocycles. The average Bonchev–Trinajstić information content (AvgIpc) is 3.57. The number of fused-ring (bicyclic) bond motifs is 1. The van der Waals surface area contributed by atoms with Gasteiger partial charge in [0, 0.05) is 35.1 Å². The molecule has 1 saturated carbocycles. The second kappa shape index (κ2) is 10.1. The molecule has 0 unspecified atom stereocenters. The zero-order chi connectivity index (χ0) is 29.7. The summed E-state index contributed by atoms with van der Waals surface area (Å²) in [6.07, 6.45) is -2.11. The van der Waals surface area contributed by atoms with E-state index < -0.39 is 23.7 Å². The number of nitriles is 1. The third-order valence-corrected chi connectivity index (χ3v) is 7.26. The highest BCUT2D eigenvalue weighted by molar-refractivity contribution is 6.35. The molecule has 214 valence electrons. The molecule has 3 aromatic heterocycles. The lowest BCUT2D eigenvalue weighted by Gasteiger charge is -2.22. The lowest BCUT2D eigenvalue weighted by Crippen LogP contribution is -2.35. The molecule has 1 aliphatic rings. The Morgan fingerprint density at radius 3 is 2.54 bits per heavy atom. The van der Waals surface area contributed by atoms with Gasteiger partial charge in [0.1, 0.15) is 17.8 Å². The maximum absolute atomic E-state index is 15.2. The molecular formula is C28H27ClF4N8. The van der Waals surface area contributed by atoms with Gasteiger partial charge in [0.15, 0.2) is 5.54 Å². The highest BCUT2D eigenvalue weighted by Crippen LogP contribution is 2.55. The predicted molar refractivity (Wildman–Crippen MR) is 147 cm³/mol. The molecule has 0 aliphatic heterocycles. The van der Waals surface area contributed by atoms with Gasteiger partial charge in [-0.1, -0.05) is 43.7 Å². The molecule has 0 spiro atoms. The first-order valence-corrected chi connectivity index (χ1v) is 13.3. The molecular weight excluding hydrogens is 560 g/mol. The van der Waals surface area contributed by atoms with Gasteiger partial charge < -0.3 is 10.6 Å². The number of rotatable bonds is 7. The summed E-state index contributed by atoms with van der Waals surface area (Å²) >= 11 is 6.61. The Bertz CT molecular complexity index is 1660. The summed E-state index contributed by atoms with van der Waals surface area (Å²) in [5.41, 5.74) is 0.0163. The zero-order valence-corrected chi connectivity index (χ0v) is 23.5. The van der Waals surface area contributed by atoms with Crippen LogP contribution in [-0.2, 0) is 5.54 Å². The van der Waals surface area contributed by atoms with Crippen LogP contribution in [0.2, 0.25) is 5.02 Å². The molecule has 3 heterocycles. The third kappa shape index (κ3) is 5.51. The number of benzene rings is 1. The van der Waals surface area contributed by atoms with Crippen molar-refractivity contribution >= 4 is 33.9 Å². The molecule has 8 nitrogen and oxygen atoms in total. The number of hydrogen-bond acceptors (Lipinski definition) is 7. The molecule has 0 bridgehead atoms. The molecule has 1 aliphatic carbocycles. The van der Waals surface area contributed by atoms with Gasteiger partial charge in [0.25, 0.3) is 0 Å². The van der Waals surface area contributed by atoms with Crippen LogP contribution in [0.4, 0.5) is 28.9 Å². The van der Waals surface area contributed by atoms with E-state index in [9.17, 15) is 18.4 Å². The Morgan fingerprint density at radius 1 is 1.20 bits per heavy atom. The number of aromatic nitrogens is 5. The van der Waals surface area contributed by atoms with Crippen LogP contribution in [0.5, 0.6) is 0 Å². The zero-order valence-electron chi connectivity index (χ0n) is 22.7. The molecule has 1 atom stereocenters. The highest BCUT2D eigenvalue weighted by Gasteiger charge is 2.66. The van der Waals surface area contributed by atoms with Gasteiger partial charge in [-0.25, -0.2) is 9.67 Å². The van der Waals surface area contributed by atoms with Crippen LogP contribution in [0.15, 0.2) is 36.7 Å². The summed E-state index contributed by atoms with van der Waals surface area (Å²) in [4.78, 5) is 8.25. The van der Waals surface area contributed by atoms with E-state index in [1.807, 2.05) is 20.8 Å². The van der Waals surface area contributed by atoms with Crippen LogP contribution in [0.3, 0.4) is 0 Å². The van der Waals surface area contributed by atoms with Crippen molar-refractivity contribution in [2.45, 2.75) is 58.3 Å². The van der Waals surface area contributed by atoms with Crippen LogP contribution in [0.1, 0.15) is 62.2 Å². The first-order chi connectivity index (χ1) is 19.2. The molecule has 4 aromatic rings. The van der Waals surface area contributed by atoms with Crippen LogP contribution in [-0.4, -0.2) is 37.7 Å². The SMILES string of the molecule is Cc1ccc([C@H](Nc2cc(Cl)c3ncc(C#N)c(NCC(C)(C)C)c3c2)c2cn(C3(C(F)(F)F)CC3)nn2)c(F)n1. The average molecular weight is 587 g/mol. The number of alkyl halides is 3. The minimum absolute atomic E-state index is 0.0608. The van der Waals surface area contributed by atoms with Crippen molar-refractivity contribution in [1.82, 2.24) is 25.0 Å². The first kappa shape index (κ1) is 28.5. The fourth-order valence-corrected chi connectivity index (χ4v) is 4.85. The quantitative estimate of drug-likeness (QED) is 0.179. The van der Waals surface area contributed by atoms with Gasteiger partial charge in [-0.3, -0.25) is 4.98 Å². The van der Waals surface area contributed by atoms with Gasteiger partial charge in [0.05, 0.1) is 28.0 Å². The number of halogens is 5. The Hall–Kier alpha value is -3.98.